The molecule has 8 heteroatoms. The summed E-state index contributed by atoms with van der Waals surface area (Å²) in [7, 11) is 0. The first-order valence-electron chi connectivity index (χ1n) is 7.96. The monoisotopic (exact) mass is 351 g/mol. The number of hydrogen-bond donors (Lipinski definition) is 2. The summed E-state index contributed by atoms with van der Waals surface area (Å²) < 4.78 is 0. The Balaban J connectivity index is 1.53. The van der Waals surface area contributed by atoms with Crippen molar-refractivity contribution < 1.29 is 4.79 Å². The minimum Gasteiger partial charge on any atom is -0.361 e. The van der Waals surface area contributed by atoms with E-state index in [4.69, 9.17) is 0 Å². The van der Waals surface area contributed by atoms with E-state index in [0.29, 0.717) is 22.7 Å². The van der Waals surface area contributed by atoms with Crippen LogP contribution in [0.3, 0.4) is 0 Å². The van der Waals surface area contributed by atoms with Crippen LogP contribution in [-0.4, -0.2) is 27.6 Å². The first kappa shape index (κ1) is 16.3. The van der Waals surface area contributed by atoms with Crippen molar-refractivity contribution in [1.82, 2.24) is 15.2 Å². The van der Waals surface area contributed by atoms with Crippen molar-refractivity contribution in [3.05, 3.63) is 16.1 Å². The minimum atomic E-state index is -0.227. The highest BCUT2D eigenvalue weighted by Crippen LogP contribution is 2.38. The molecule has 0 atom stereocenters. The fourth-order valence-corrected chi connectivity index (χ4v) is 3.82. The number of hydrogen-bond acceptors (Lipinski definition) is 7. The van der Waals surface area contributed by atoms with Crippen molar-refractivity contribution in [2.45, 2.75) is 45.4 Å². The lowest BCUT2D eigenvalue weighted by Crippen LogP contribution is -2.12. The molecule has 0 aromatic carbocycles. The number of carbonyl (C=O) groups is 1. The Morgan fingerprint density at radius 2 is 2.17 bits per heavy atom. The molecule has 0 spiro atoms. The molecule has 3 rings (SSSR count). The number of nitrogens with zero attached hydrogens (tertiary/aromatic N) is 3. The highest BCUT2D eigenvalue weighted by molar-refractivity contribution is 7.15. The van der Waals surface area contributed by atoms with E-state index >= 15 is 0 Å². The molecule has 2 N–H and O–H groups in total. The molecule has 1 aliphatic rings. The number of thiazole rings is 1. The largest absolute Gasteiger partial charge is 0.361 e. The molecule has 1 fully saturated rings. The first-order chi connectivity index (χ1) is 11.1. The first-order valence-corrected chi connectivity index (χ1v) is 9.65. The quantitative estimate of drug-likeness (QED) is 0.789. The zero-order valence-electron chi connectivity index (χ0n) is 13.3. The van der Waals surface area contributed by atoms with Crippen LogP contribution in [0.15, 0.2) is 5.38 Å². The predicted octanol–water partition coefficient (Wildman–Crippen LogP) is 3.97. The van der Waals surface area contributed by atoms with Gasteiger partial charge in [-0.1, -0.05) is 31.6 Å². The van der Waals surface area contributed by atoms with Gasteiger partial charge in [-0.3, -0.25) is 10.1 Å². The molecule has 1 aliphatic carbocycles. The molecule has 1 saturated carbocycles. The fourth-order valence-electron chi connectivity index (χ4n) is 2.19. The highest BCUT2D eigenvalue weighted by atomic mass is 32.1. The summed E-state index contributed by atoms with van der Waals surface area (Å²) in [5.41, 5.74) is 0.419. The topological polar surface area (TPSA) is 79.8 Å². The van der Waals surface area contributed by atoms with Gasteiger partial charge in [0.2, 0.25) is 5.13 Å². The van der Waals surface area contributed by atoms with E-state index in [1.165, 1.54) is 41.9 Å². The lowest BCUT2D eigenvalue weighted by atomic mass is 9.86. The predicted molar refractivity (Wildman–Crippen MR) is 94.5 cm³/mol. The summed E-state index contributed by atoms with van der Waals surface area (Å²) in [4.78, 5) is 16.5. The van der Waals surface area contributed by atoms with Crippen LogP contribution in [0, 0.1) is 5.92 Å². The fraction of sp³-hybridized carbons (Fsp3) is 0.600. The van der Waals surface area contributed by atoms with E-state index in [9.17, 15) is 4.79 Å². The van der Waals surface area contributed by atoms with Gasteiger partial charge >= 0.3 is 0 Å². The van der Waals surface area contributed by atoms with Gasteiger partial charge in [-0.2, -0.15) is 0 Å². The van der Waals surface area contributed by atoms with Gasteiger partial charge in [0.25, 0.3) is 5.91 Å². The lowest BCUT2D eigenvalue weighted by Gasteiger charge is -2.21. The summed E-state index contributed by atoms with van der Waals surface area (Å²) >= 11 is 2.92. The molecule has 1 amide bonds. The van der Waals surface area contributed by atoms with Crippen molar-refractivity contribution in [1.29, 1.82) is 0 Å². The Morgan fingerprint density at radius 1 is 1.35 bits per heavy atom. The summed E-state index contributed by atoms with van der Waals surface area (Å²) in [6.45, 7) is 5.23. The van der Waals surface area contributed by atoms with Gasteiger partial charge in [0.15, 0.2) is 5.13 Å². The molecule has 6 nitrogen and oxygen atoms in total. The van der Waals surface area contributed by atoms with E-state index in [1.807, 2.05) is 0 Å². The molecular weight excluding hydrogens is 330 g/mol. The third-order valence-corrected chi connectivity index (χ3v) is 5.65. The average molecular weight is 352 g/mol. The average Bonchev–Trinajstić information content (AvgIpc) is 3.06. The number of aromatic nitrogens is 3. The van der Waals surface area contributed by atoms with Gasteiger partial charge in [-0.15, -0.1) is 21.5 Å². The summed E-state index contributed by atoms with van der Waals surface area (Å²) in [5.74, 6) is 0.955. The molecule has 0 aliphatic heterocycles. The second-order valence-electron chi connectivity index (χ2n) is 6.17. The molecule has 2 heterocycles. The maximum atomic E-state index is 12.2. The molecule has 2 aromatic rings. The Bertz CT molecular complexity index is 662. The maximum absolute atomic E-state index is 12.2. The van der Waals surface area contributed by atoms with Crippen LogP contribution in [0.5, 0.6) is 0 Å². The van der Waals surface area contributed by atoms with E-state index in [2.05, 4.69) is 39.7 Å². The second kappa shape index (κ2) is 7.35. The van der Waals surface area contributed by atoms with E-state index in [1.54, 1.807) is 5.38 Å². The minimum absolute atomic E-state index is 0.227. The summed E-state index contributed by atoms with van der Waals surface area (Å²) in [6, 6.07) is 0. The van der Waals surface area contributed by atoms with Crippen LogP contribution in [0.25, 0.3) is 0 Å². The Kier molecular flexibility index (Phi) is 5.22. The van der Waals surface area contributed by atoms with Crippen molar-refractivity contribution in [2.75, 3.05) is 17.2 Å². The van der Waals surface area contributed by atoms with Crippen LogP contribution < -0.4 is 10.6 Å². The van der Waals surface area contributed by atoms with E-state index < -0.39 is 0 Å². The van der Waals surface area contributed by atoms with Crippen molar-refractivity contribution in [2.24, 2.45) is 5.92 Å². The standard InChI is InChI=1S/C15H21N5OS2/c1-9(2)6-7-16-14-17-11(8-22-14)12(21)18-15-20-19-13(23-15)10-4-3-5-10/h8-10H,3-7H2,1-2H3,(H,16,17)(H,18,20,21). The molecule has 124 valence electrons. The maximum Gasteiger partial charge on any atom is 0.277 e. The number of carbonyl (C=O) groups excluding carboxylic acids is 1. The molecule has 0 unspecified atom stereocenters. The molecule has 2 aromatic heterocycles. The molecule has 0 saturated heterocycles. The third-order valence-electron chi connectivity index (χ3n) is 3.85. The second-order valence-corrected chi connectivity index (χ2v) is 8.04. The van der Waals surface area contributed by atoms with E-state index in [0.717, 1.165) is 23.1 Å². The van der Waals surface area contributed by atoms with Crippen LogP contribution in [-0.2, 0) is 0 Å². The van der Waals surface area contributed by atoms with Gasteiger partial charge in [-0.25, -0.2) is 4.98 Å². The summed E-state index contributed by atoms with van der Waals surface area (Å²) in [5, 5.41) is 18.4. The highest BCUT2D eigenvalue weighted by Gasteiger charge is 2.24. The third kappa shape index (κ3) is 4.26. The van der Waals surface area contributed by atoms with Crippen molar-refractivity contribution >= 4 is 38.8 Å². The van der Waals surface area contributed by atoms with Crippen molar-refractivity contribution in [3.8, 4) is 0 Å². The number of amides is 1. The zero-order valence-corrected chi connectivity index (χ0v) is 15.0. The Labute approximate surface area is 143 Å². The van der Waals surface area contributed by atoms with Gasteiger partial charge in [0, 0.05) is 17.8 Å². The molecule has 0 radical (unpaired) electrons. The lowest BCUT2D eigenvalue weighted by molar-refractivity contribution is 0.102. The van der Waals surface area contributed by atoms with Crippen LogP contribution in [0.2, 0.25) is 0 Å². The number of rotatable bonds is 7. The van der Waals surface area contributed by atoms with Crippen molar-refractivity contribution in [3.63, 3.8) is 0 Å². The van der Waals surface area contributed by atoms with Gasteiger partial charge in [0.05, 0.1) is 0 Å². The molecule has 23 heavy (non-hydrogen) atoms. The van der Waals surface area contributed by atoms with Gasteiger partial charge in [0.1, 0.15) is 10.7 Å². The smallest absolute Gasteiger partial charge is 0.277 e. The van der Waals surface area contributed by atoms with E-state index in [-0.39, 0.29) is 5.91 Å². The summed E-state index contributed by atoms with van der Waals surface area (Å²) in [6.07, 6.45) is 4.70. The van der Waals surface area contributed by atoms with Gasteiger partial charge in [-0.05, 0) is 25.2 Å². The van der Waals surface area contributed by atoms with Gasteiger partial charge < -0.3 is 5.32 Å². The zero-order chi connectivity index (χ0) is 16.2. The van der Waals surface area contributed by atoms with Crippen LogP contribution in [0.4, 0.5) is 10.3 Å². The SMILES string of the molecule is CC(C)CCNc1nc(C(=O)Nc2nnc(C3CCC3)s2)cs1. The Morgan fingerprint density at radius 3 is 2.87 bits per heavy atom. The molecular formula is C15H21N5OS2. The number of anilines is 2. The van der Waals surface area contributed by atoms with Crippen LogP contribution >= 0.6 is 22.7 Å². The number of nitrogens with one attached hydrogen (secondary N) is 2. The normalized spacial score (nSPS) is 14.7. The Hall–Kier alpha value is -1.54. The van der Waals surface area contributed by atoms with Crippen LogP contribution in [0.1, 0.15) is 60.9 Å². The molecule has 0 bridgehead atoms.